The van der Waals surface area contributed by atoms with Gasteiger partial charge in [-0.05, 0) is 38.0 Å². The normalized spacial score (nSPS) is 15.8. The molecule has 4 rings (SSSR count). The lowest BCUT2D eigenvalue weighted by molar-refractivity contribution is -0.116. The van der Waals surface area contributed by atoms with E-state index in [0.29, 0.717) is 11.4 Å². The van der Waals surface area contributed by atoms with E-state index in [-0.39, 0.29) is 18.1 Å². The van der Waals surface area contributed by atoms with Crippen molar-refractivity contribution in [3.63, 3.8) is 0 Å². The number of hydrogen-bond acceptors (Lipinski definition) is 3. The van der Waals surface area contributed by atoms with Crippen LogP contribution in [0.4, 0.5) is 5.82 Å². The van der Waals surface area contributed by atoms with Gasteiger partial charge >= 0.3 is 0 Å². The molecule has 5 nitrogen and oxygen atoms in total. The summed E-state index contributed by atoms with van der Waals surface area (Å²) in [7, 11) is 0. The Bertz CT molecular complexity index is 1050. The van der Waals surface area contributed by atoms with Crippen molar-refractivity contribution in [2.24, 2.45) is 0 Å². The van der Waals surface area contributed by atoms with Crippen LogP contribution in [0.25, 0.3) is 5.69 Å². The number of nitrogens with one attached hydrogen (secondary N) is 1. The molecular weight excluding hydrogens is 350 g/mol. The van der Waals surface area contributed by atoms with E-state index < -0.39 is 5.92 Å². The van der Waals surface area contributed by atoms with Gasteiger partial charge in [-0.25, -0.2) is 4.68 Å². The Labute approximate surface area is 164 Å². The Balaban J connectivity index is 1.78. The van der Waals surface area contributed by atoms with Crippen molar-refractivity contribution in [2.45, 2.75) is 39.5 Å². The number of carbonyl (C=O) groups excluding carboxylic acids is 2. The number of carbonyl (C=O) groups is 2. The molecule has 1 aromatic heterocycles. The summed E-state index contributed by atoms with van der Waals surface area (Å²) in [6.07, 6.45) is 1.10. The minimum absolute atomic E-state index is 0.0416. The second kappa shape index (κ2) is 7.08. The number of rotatable bonds is 4. The van der Waals surface area contributed by atoms with Crippen LogP contribution in [0.1, 0.15) is 52.0 Å². The topological polar surface area (TPSA) is 64.0 Å². The van der Waals surface area contributed by atoms with Gasteiger partial charge in [0.15, 0.2) is 5.78 Å². The van der Waals surface area contributed by atoms with Gasteiger partial charge in [0.2, 0.25) is 5.91 Å². The van der Waals surface area contributed by atoms with E-state index in [1.165, 1.54) is 5.56 Å². The summed E-state index contributed by atoms with van der Waals surface area (Å²) in [5, 5.41) is 7.57. The molecule has 1 aliphatic heterocycles. The lowest BCUT2D eigenvalue weighted by Crippen LogP contribution is -2.28. The molecule has 142 valence electrons. The molecule has 3 aromatic rings. The Morgan fingerprint density at radius 2 is 1.79 bits per heavy atom. The highest BCUT2D eigenvalue weighted by Crippen LogP contribution is 2.38. The fraction of sp³-hybridized carbons (Fsp3) is 0.261. The third kappa shape index (κ3) is 3.13. The van der Waals surface area contributed by atoms with Crippen LogP contribution in [0.2, 0.25) is 0 Å². The summed E-state index contributed by atoms with van der Waals surface area (Å²) in [4.78, 5) is 25.6. The molecule has 0 saturated heterocycles. The minimum Gasteiger partial charge on any atom is -0.310 e. The molecule has 0 unspecified atom stereocenters. The molecule has 1 amide bonds. The lowest BCUT2D eigenvalue weighted by atomic mass is 9.85. The first-order valence-electron chi connectivity index (χ1n) is 9.57. The first-order chi connectivity index (χ1) is 13.5. The van der Waals surface area contributed by atoms with Crippen LogP contribution in [-0.2, 0) is 11.2 Å². The van der Waals surface area contributed by atoms with Crippen molar-refractivity contribution >= 4 is 17.5 Å². The van der Waals surface area contributed by atoms with Gasteiger partial charge in [-0.2, -0.15) is 5.10 Å². The molecule has 1 atom stereocenters. The predicted octanol–water partition coefficient (Wildman–Crippen LogP) is 4.36. The van der Waals surface area contributed by atoms with E-state index in [9.17, 15) is 9.59 Å². The quantitative estimate of drug-likeness (QED) is 0.691. The van der Waals surface area contributed by atoms with Crippen molar-refractivity contribution in [3.8, 4) is 5.69 Å². The average Bonchev–Trinajstić information content (AvgIpc) is 3.03. The maximum Gasteiger partial charge on any atom is 0.226 e. The Kier molecular flexibility index (Phi) is 4.59. The molecule has 0 saturated carbocycles. The highest BCUT2D eigenvalue weighted by Gasteiger charge is 2.36. The molecule has 0 fully saturated rings. The van der Waals surface area contributed by atoms with Crippen molar-refractivity contribution in [1.29, 1.82) is 0 Å². The smallest absolute Gasteiger partial charge is 0.226 e. The van der Waals surface area contributed by atoms with Crippen molar-refractivity contribution in [3.05, 3.63) is 76.5 Å². The van der Waals surface area contributed by atoms with Gasteiger partial charge in [-0.15, -0.1) is 0 Å². The Morgan fingerprint density at radius 3 is 2.43 bits per heavy atom. The van der Waals surface area contributed by atoms with Gasteiger partial charge in [0.05, 0.1) is 17.3 Å². The zero-order chi connectivity index (χ0) is 19.8. The highest BCUT2D eigenvalue weighted by atomic mass is 16.2. The first-order valence-corrected chi connectivity index (χ1v) is 9.57. The van der Waals surface area contributed by atoms with Crippen LogP contribution in [0.15, 0.2) is 48.5 Å². The van der Waals surface area contributed by atoms with E-state index in [1.807, 2.05) is 50.2 Å². The lowest BCUT2D eigenvalue weighted by Gasteiger charge is -2.23. The van der Waals surface area contributed by atoms with E-state index in [1.54, 1.807) is 4.68 Å². The van der Waals surface area contributed by atoms with Crippen LogP contribution in [0.3, 0.4) is 0 Å². The minimum atomic E-state index is -0.518. The summed E-state index contributed by atoms with van der Waals surface area (Å²) in [6, 6.07) is 15.6. The number of nitrogens with zero attached hydrogens (tertiary/aromatic N) is 2. The summed E-state index contributed by atoms with van der Waals surface area (Å²) in [6.45, 7) is 5.98. The largest absolute Gasteiger partial charge is 0.310 e. The number of benzene rings is 2. The number of amides is 1. The number of ketones is 1. The fourth-order valence-corrected chi connectivity index (χ4v) is 3.75. The van der Waals surface area contributed by atoms with Gasteiger partial charge < -0.3 is 5.32 Å². The second-order valence-electron chi connectivity index (χ2n) is 7.31. The number of hydrogen-bond donors (Lipinski definition) is 1. The Hall–Kier alpha value is -3.21. The monoisotopic (exact) mass is 373 g/mol. The van der Waals surface area contributed by atoms with Gasteiger partial charge in [0, 0.05) is 17.5 Å². The summed E-state index contributed by atoms with van der Waals surface area (Å²) >= 11 is 0. The maximum atomic E-state index is 13.2. The van der Waals surface area contributed by atoms with Crippen molar-refractivity contribution in [1.82, 2.24) is 9.78 Å². The van der Waals surface area contributed by atoms with E-state index in [2.05, 4.69) is 29.5 Å². The number of aryl methyl sites for hydroxylation is 3. The molecule has 0 spiro atoms. The fourth-order valence-electron chi connectivity index (χ4n) is 3.75. The zero-order valence-electron chi connectivity index (χ0n) is 16.3. The number of fused-ring (bicyclic) bond motifs is 1. The second-order valence-corrected chi connectivity index (χ2v) is 7.31. The summed E-state index contributed by atoms with van der Waals surface area (Å²) in [5.41, 5.74) is 5.39. The zero-order valence-corrected chi connectivity index (χ0v) is 16.3. The number of Topliss-reactive ketones (excluding diaryl/α,β-unsaturated/α-hetero) is 1. The van der Waals surface area contributed by atoms with Gasteiger partial charge in [-0.1, -0.05) is 48.9 Å². The van der Waals surface area contributed by atoms with Gasteiger partial charge in [0.1, 0.15) is 5.82 Å². The molecule has 0 bridgehead atoms. The molecule has 0 radical (unpaired) electrons. The molecule has 1 aliphatic rings. The van der Waals surface area contributed by atoms with Crippen LogP contribution in [-0.4, -0.2) is 21.5 Å². The van der Waals surface area contributed by atoms with Crippen LogP contribution < -0.4 is 5.32 Å². The molecule has 2 heterocycles. The van der Waals surface area contributed by atoms with Crippen LogP contribution >= 0.6 is 0 Å². The molecule has 1 N–H and O–H groups in total. The Morgan fingerprint density at radius 1 is 1.11 bits per heavy atom. The molecule has 5 heteroatoms. The van der Waals surface area contributed by atoms with Gasteiger partial charge in [0.25, 0.3) is 0 Å². The molecule has 2 aromatic carbocycles. The van der Waals surface area contributed by atoms with Crippen LogP contribution in [0, 0.1) is 13.8 Å². The first kappa shape index (κ1) is 18.2. The van der Waals surface area contributed by atoms with E-state index >= 15 is 0 Å². The number of aromatic nitrogens is 2. The van der Waals surface area contributed by atoms with E-state index in [0.717, 1.165) is 28.9 Å². The SMILES string of the molecule is CCc1ccc(-n2nc(C)c3c2NC(=O)C[C@H]3C(=O)c2ccc(C)cc2)cc1. The average molecular weight is 373 g/mol. The van der Waals surface area contributed by atoms with Crippen LogP contribution in [0.5, 0.6) is 0 Å². The maximum absolute atomic E-state index is 13.2. The standard InChI is InChI=1S/C23H23N3O2/c1-4-16-7-11-18(12-8-16)26-23-21(15(3)25-26)19(13-20(27)24-23)22(28)17-9-5-14(2)6-10-17/h5-12,19H,4,13H2,1-3H3,(H,24,27)/t19-/m1/s1. The summed E-state index contributed by atoms with van der Waals surface area (Å²) < 4.78 is 1.73. The highest BCUT2D eigenvalue weighted by molar-refractivity contribution is 6.08. The predicted molar refractivity (Wildman–Crippen MR) is 109 cm³/mol. The summed E-state index contributed by atoms with van der Waals surface area (Å²) in [5.74, 6) is -0.122. The van der Waals surface area contributed by atoms with Gasteiger partial charge in [-0.3, -0.25) is 9.59 Å². The molecule has 0 aliphatic carbocycles. The molecular formula is C23H23N3O2. The molecule has 28 heavy (non-hydrogen) atoms. The van der Waals surface area contributed by atoms with E-state index in [4.69, 9.17) is 0 Å². The van der Waals surface area contributed by atoms with Crippen molar-refractivity contribution in [2.75, 3.05) is 5.32 Å². The third-order valence-corrected chi connectivity index (χ3v) is 5.34. The van der Waals surface area contributed by atoms with Crippen molar-refractivity contribution < 1.29 is 9.59 Å². The number of anilines is 1. The third-order valence-electron chi connectivity index (χ3n) is 5.34.